The van der Waals surface area contributed by atoms with Crippen molar-refractivity contribution >= 4 is 0 Å². The summed E-state index contributed by atoms with van der Waals surface area (Å²) in [7, 11) is 0. The molecule has 0 bridgehead atoms. The molecule has 4 saturated heterocycles. The number of rotatable bonds is 0. The summed E-state index contributed by atoms with van der Waals surface area (Å²) < 4.78 is 20.7. The van der Waals surface area contributed by atoms with E-state index in [2.05, 4.69) is 55.4 Å². The largest absolute Gasteiger partial charge is 0.381 e. The molecule has 0 aromatic heterocycles. The van der Waals surface area contributed by atoms with Crippen LogP contribution in [0.5, 0.6) is 0 Å². The molecule has 4 heterocycles. The zero-order valence-corrected chi connectivity index (χ0v) is 30.1. The third-order valence-electron chi connectivity index (χ3n) is 6.92. The number of hydrogen-bond donors (Lipinski definition) is 0. The van der Waals surface area contributed by atoms with Crippen LogP contribution >= 0.6 is 0 Å². The first-order valence-corrected chi connectivity index (χ1v) is 16.8. The average molecular weight is 563 g/mol. The summed E-state index contributed by atoms with van der Waals surface area (Å²) in [5.41, 5.74) is 0.945. The molecule has 4 fully saturated rings. The monoisotopic (exact) mass is 563 g/mol. The Morgan fingerprint density at radius 1 is 0.385 bits per heavy atom. The lowest BCUT2D eigenvalue weighted by Crippen LogP contribution is -2.27. The summed E-state index contributed by atoms with van der Waals surface area (Å²) in [5.74, 6) is 3.31. The van der Waals surface area contributed by atoms with E-state index >= 15 is 0 Å². The molecule has 1 unspecified atom stereocenters. The molecular weight excluding hydrogens is 484 g/mol. The van der Waals surface area contributed by atoms with Crippen LogP contribution in [0.25, 0.3) is 0 Å². The van der Waals surface area contributed by atoms with Crippen molar-refractivity contribution in [1.29, 1.82) is 0 Å². The number of hydrogen-bond acceptors (Lipinski definition) is 4. The minimum Gasteiger partial charge on any atom is -0.381 e. The van der Waals surface area contributed by atoms with Gasteiger partial charge in [-0.25, -0.2) is 0 Å². The highest BCUT2D eigenvalue weighted by Gasteiger charge is 2.28. The van der Waals surface area contributed by atoms with E-state index in [4.69, 9.17) is 18.9 Å². The van der Waals surface area contributed by atoms with E-state index in [1.807, 2.05) is 55.4 Å². The first kappa shape index (κ1) is 45.8. The third-order valence-corrected chi connectivity index (χ3v) is 6.92. The van der Waals surface area contributed by atoms with Crippen molar-refractivity contribution in [1.82, 2.24) is 0 Å². The maximum Gasteiger partial charge on any atom is 0.0500 e. The maximum absolute atomic E-state index is 5.29. The van der Waals surface area contributed by atoms with E-state index in [0.29, 0.717) is 10.8 Å². The summed E-state index contributed by atoms with van der Waals surface area (Å²) in [5, 5.41) is 0. The van der Waals surface area contributed by atoms with Gasteiger partial charge in [-0.05, 0) is 66.6 Å². The first-order valence-electron chi connectivity index (χ1n) is 16.8. The second-order valence-electron chi connectivity index (χ2n) is 12.1. The van der Waals surface area contributed by atoms with Crippen LogP contribution < -0.4 is 0 Å². The van der Waals surface area contributed by atoms with Gasteiger partial charge in [0.25, 0.3) is 0 Å². The molecule has 3 atom stereocenters. The molecule has 0 amide bonds. The fourth-order valence-corrected chi connectivity index (χ4v) is 4.09. The average Bonchev–Trinajstić information content (AvgIpc) is 3.75. The molecule has 0 aliphatic carbocycles. The summed E-state index contributed by atoms with van der Waals surface area (Å²) >= 11 is 0. The van der Waals surface area contributed by atoms with Gasteiger partial charge in [0.2, 0.25) is 0 Å². The molecule has 4 rings (SSSR count). The predicted molar refractivity (Wildman–Crippen MR) is 176 cm³/mol. The zero-order valence-electron chi connectivity index (χ0n) is 30.1. The fourth-order valence-electron chi connectivity index (χ4n) is 4.09. The second-order valence-corrected chi connectivity index (χ2v) is 12.1. The van der Waals surface area contributed by atoms with Crippen molar-refractivity contribution in [2.24, 2.45) is 34.5 Å². The van der Waals surface area contributed by atoms with Gasteiger partial charge in [-0.15, -0.1) is 0 Å². The summed E-state index contributed by atoms with van der Waals surface area (Å²) in [6, 6.07) is 0. The molecule has 0 spiro atoms. The highest BCUT2D eigenvalue weighted by molar-refractivity contribution is 4.77. The minimum absolute atomic E-state index is 0.455. The van der Waals surface area contributed by atoms with E-state index in [-0.39, 0.29) is 0 Å². The van der Waals surface area contributed by atoms with Crippen LogP contribution in [0, 0.1) is 34.5 Å². The highest BCUT2D eigenvalue weighted by Crippen LogP contribution is 2.33. The van der Waals surface area contributed by atoms with Crippen LogP contribution in [0.2, 0.25) is 0 Å². The molecular formula is C35H78O4. The van der Waals surface area contributed by atoms with E-state index in [9.17, 15) is 0 Å². The Bertz CT molecular complexity index is 401. The lowest BCUT2D eigenvalue weighted by atomic mass is 9.76. The van der Waals surface area contributed by atoms with Gasteiger partial charge < -0.3 is 18.9 Å². The van der Waals surface area contributed by atoms with Crippen LogP contribution in [-0.4, -0.2) is 52.9 Å². The Morgan fingerprint density at radius 2 is 0.667 bits per heavy atom. The summed E-state index contributed by atoms with van der Waals surface area (Å²) in [6.07, 6.45) is 6.29. The molecule has 242 valence electrons. The van der Waals surface area contributed by atoms with E-state index in [0.717, 1.165) is 76.5 Å². The van der Waals surface area contributed by atoms with Crippen LogP contribution in [0.1, 0.15) is 143 Å². The number of ether oxygens (including phenoxy) is 4. The SMILES string of the molecule is CC.CC.CC.CC.CC(C)(C)C1CCOC1.CC(C)(C)C1CCOCC1.C[C@@H]1CCOC1.C[C@H]1CCOC1. The van der Waals surface area contributed by atoms with Crippen LogP contribution in [0.15, 0.2) is 0 Å². The molecule has 0 N–H and O–H groups in total. The standard InChI is InChI=1S/C9H18O.C8H16O.2C5H10O.4C2H6/c1-9(2,3)8-4-6-10-7-5-8;1-8(2,3)7-4-5-9-6-7;2*1-5-2-3-6-4-5;4*1-2/h8H,4-7H2,1-3H3;7H,4-6H2,1-3H3;2*5H,2-4H2,1H3;4*1-2H3/t;;2*5-;;;;/m..10..../s1. The van der Waals surface area contributed by atoms with Crippen LogP contribution in [0.4, 0.5) is 0 Å². The second kappa shape index (κ2) is 30.8. The van der Waals surface area contributed by atoms with Gasteiger partial charge in [-0.1, -0.05) is 111 Å². The molecule has 0 saturated carbocycles. The van der Waals surface area contributed by atoms with E-state index in [1.54, 1.807) is 0 Å². The molecule has 0 radical (unpaired) electrons. The van der Waals surface area contributed by atoms with Crippen LogP contribution in [0.3, 0.4) is 0 Å². The van der Waals surface area contributed by atoms with Crippen molar-refractivity contribution in [3.8, 4) is 0 Å². The summed E-state index contributed by atoms with van der Waals surface area (Å²) in [4.78, 5) is 0. The molecule has 0 aromatic rings. The van der Waals surface area contributed by atoms with Gasteiger partial charge in [-0.2, -0.15) is 0 Å². The van der Waals surface area contributed by atoms with Crippen LogP contribution in [-0.2, 0) is 18.9 Å². The molecule has 4 heteroatoms. The third kappa shape index (κ3) is 29.1. The lowest BCUT2D eigenvalue weighted by Gasteiger charge is -2.33. The van der Waals surface area contributed by atoms with Gasteiger partial charge in [0, 0.05) is 52.9 Å². The molecule has 4 nitrogen and oxygen atoms in total. The van der Waals surface area contributed by atoms with Crippen molar-refractivity contribution in [3.63, 3.8) is 0 Å². The topological polar surface area (TPSA) is 36.9 Å². The van der Waals surface area contributed by atoms with Gasteiger partial charge in [0.05, 0.1) is 0 Å². The first-order chi connectivity index (χ1) is 18.5. The Hall–Kier alpha value is -0.160. The summed E-state index contributed by atoms with van der Waals surface area (Å²) in [6.45, 7) is 42.1. The quantitative estimate of drug-likeness (QED) is 0.294. The van der Waals surface area contributed by atoms with Crippen molar-refractivity contribution in [2.75, 3.05) is 52.9 Å². The smallest absolute Gasteiger partial charge is 0.0500 e. The normalized spacial score (nSPS) is 23.8. The van der Waals surface area contributed by atoms with E-state index in [1.165, 1.54) is 32.1 Å². The maximum atomic E-state index is 5.29. The predicted octanol–water partition coefficient (Wildman–Crippen LogP) is 10.7. The highest BCUT2D eigenvalue weighted by atomic mass is 16.5. The minimum atomic E-state index is 0.455. The van der Waals surface area contributed by atoms with Gasteiger partial charge in [0.15, 0.2) is 0 Å². The van der Waals surface area contributed by atoms with Gasteiger partial charge >= 0.3 is 0 Å². The van der Waals surface area contributed by atoms with Gasteiger partial charge in [-0.3, -0.25) is 0 Å². The Balaban J connectivity index is -0.000000195. The molecule has 39 heavy (non-hydrogen) atoms. The van der Waals surface area contributed by atoms with Crippen molar-refractivity contribution in [3.05, 3.63) is 0 Å². The van der Waals surface area contributed by atoms with E-state index < -0.39 is 0 Å². The Labute approximate surface area is 249 Å². The van der Waals surface area contributed by atoms with Crippen molar-refractivity contribution in [2.45, 2.75) is 143 Å². The van der Waals surface area contributed by atoms with Gasteiger partial charge in [0.1, 0.15) is 0 Å². The molecule has 4 aliphatic heterocycles. The lowest BCUT2D eigenvalue weighted by molar-refractivity contribution is 0.0286. The van der Waals surface area contributed by atoms with Crippen molar-refractivity contribution < 1.29 is 18.9 Å². The zero-order chi connectivity index (χ0) is 31.3. The Kier molecular flexibility index (Phi) is 36.2. The molecule has 4 aliphatic rings. The Morgan fingerprint density at radius 3 is 0.821 bits per heavy atom. The molecule has 0 aromatic carbocycles. The fraction of sp³-hybridized carbons (Fsp3) is 1.00.